The Morgan fingerprint density at radius 3 is 2.40 bits per heavy atom. The second-order valence-electron chi connectivity index (χ2n) is 5.67. The lowest BCUT2D eigenvalue weighted by Gasteiger charge is -2.24. The van der Waals surface area contributed by atoms with Crippen molar-refractivity contribution >= 4 is 12.0 Å². The van der Waals surface area contributed by atoms with Gasteiger partial charge in [-0.05, 0) is 31.6 Å². The maximum Gasteiger partial charge on any atom is 0.315 e. The molecule has 0 aliphatic heterocycles. The van der Waals surface area contributed by atoms with E-state index in [1.807, 2.05) is 20.8 Å². The molecule has 0 spiro atoms. The molecule has 0 radical (unpaired) electrons. The molecule has 0 aromatic heterocycles. The van der Waals surface area contributed by atoms with Crippen LogP contribution in [0.15, 0.2) is 0 Å². The fraction of sp³-hybridized carbons (Fsp3) is 0.857. The molecule has 0 aromatic rings. The predicted molar refractivity (Wildman–Crippen MR) is 75.6 cm³/mol. The average molecular weight is 286 g/mol. The Kier molecular flexibility index (Phi) is 6.78. The van der Waals surface area contributed by atoms with Gasteiger partial charge in [-0.15, -0.1) is 0 Å². The number of nitrogens with one attached hydrogen (secondary N) is 2. The van der Waals surface area contributed by atoms with Crippen molar-refractivity contribution in [1.29, 1.82) is 0 Å². The van der Waals surface area contributed by atoms with Crippen LogP contribution in [-0.2, 0) is 9.53 Å². The van der Waals surface area contributed by atoms with Crippen LogP contribution in [0.5, 0.6) is 0 Å². The number of urea groups is 1. The van der Waals surface area contributed by atoms with E-state index in [1.165, 1.54) is 0 Å². The quantitative estimate of drug-likeness (QED) is 0.601. The summed E-state index contributed by atoms with van der Waals surface area (Å²) >= 11 is 0. The Hall–Kier alpha value is -1.30. The molecular weight excluding hydrogens is 260 g/mol. The molecule has 3 N–H and O–H groups in total. The molecule has 6 heteroatoms. The van der Waals surface area contributed by atoms with Crippen LogP contribution in [-0.4, -0.2) is 42.4 Å². The van der Waals surface area contributed by atoms with Crippen molar-refractivity contribution in [2.75, 3.05) is 13.2 Å². The van der Waals surface area contributed by atoms with E-state index in [0.29, 0.717) is 19.1 Å². The summed E-state index contributed by atoms with van der Waals surface area (Å²) in [6.45, 7) is 7.01. The summed E-state index contributed by atoms with van der Waals surface area (Å²) in [6.07, 6.45) is 1.96. The Balaban J connectivity index is 2.44. The van der Waals surface area contributed by atoms with Crippen molar-refractivity contribution in [2.24, 2.45) is 11.8 Å². The van der Waals surface area contributed by atoms with E-state index >= 15 is 0 Å². The third-order valence-electron chi connectivity index (χ3n) is 3.52. The van der Waals surface area contributed by atoms with Gasteiger partial charge in [0.15, 0.2) is 0 Å². The van der Waals surface area contributed by atoms with Crippen molar-refractivity contribution in [3.05, 3.63) is 0 Å². The Morgan fingerprint density at radius 2 is 1.95 bits per heavy atom. The number of carboxylic acid groups (broad SMARTS) is 1. The lowest BCUT2D eigenvalue weighted by Crippen LogP contribution is -2.50. The molecule has 1 saturated carbocycles. The molecule has 1 aliphatic rings. The zero-order chi connectivity index (χ0) is 15.1. The first kappa shape index (κ1) is 16.8. The summed E-state index contributed by atoms with van der Waals surface area (Å²) in [6, 6.07) is -0.645. The van der Waals surface area contributed by atoms with Gasteiger partial charge in [0.2, 0.25) is 0 Å². The van der Waals surface area contributed by atoms with Gasteiger partial charge in [0.25, 0.3) is 0 Å². The maximum absolute atomic E-state index is 12.0. The van der Waals surface area contributed by atoms with Gasteiger partial charge in [-0.2, -0.15) is 0 Å². The molecule has 0 saturated heterocycles. The highest BCUT2D eigenvalue weighted by Gasteiger charge is 2.34. The fourth-order valence-electron chi connectivity index (χ4n) is 2.05. The number of hydrogen-bond donors (Lipinski definition) is 3. The summed E-state index contributed by atoms with van der Waals surface area (Å²) in [5.74, 6) is -0.315. The number of aliphatic carboxylic acids is 1. The van der Waals surface area contributed by atoms with Gasteiger partial charge in [0, 0.05) is 12.6 Å². The van der Waals surface area contributed by atoms with E-state index in [0.717, 1.165) is 12.8 Å². The Morgan fingerprint density at radius 1 is 1.30 bits per heavy atom. The number of hydrogen-bond acceptors (Lipinski definition) is 3. The molecule has 0 bridgehead atoms. The van der Waals surface area contributed by atoms with Crippen LogP contribution < -0.4 is 10.6 Å². The highest BCUT2D eigenvalue weighted by atomic mass is 16.5. The fourth-order valence-corrected chi connectivity index (χ4v) is 2.05. The van der Waals surface area contributed by atoms with Gasteiger partial charge >= 0.3 is 12.0 Å². The van der Waals surface area contributed by atoms with Crippen LogP contribution in [0.3, 0.4) is 0 Å². The van der Waals surface area contributed by atoms with E-state index in [4.69, 9.17) is 9.84 Å². The summed E-state index contributed by atoms with van der Waals surface area (Å²) in [7, 11) is 0. The summed E-state index contributed by atoms with van der Waals surface area (Å²) in [5.41, 5.74) is 0. The SMILES string of the molecule is CCOCC(NC(=O)NC(CC(=O)O)C1CC1)C(C)C. The normalized spacial score (nSPS) is 17.6. The molecule has 2 atom stereocenters. The van der Waals surface area contributed by atoms with E-state index in [9.17, 15) is 9.59 Å². The zero-order valence-corrected chi connectivity index (χ0v) is 12.5. The van der Waals surface area contributed by atoms with Crippen LogP contribution >= 0.6 is 0 Å². The van der Waals surface area contributed by atoms with E-state index in [2.05, 4.69) is 10.6 Å². The van der Waals surface area contributed by atoms with Gasteiger partial charge in [-0.25, -0.2) is 4.79 Å². The lowest BCUT2D eigenvalue weighted by molar-refractivity contribution is -0.137. The molecule has 2 unspecified atom stereocenters. The molecule has 0 aromatic carbocycles. The third-order valence-corrected chi connectivity index (χ3v) is 3.52. The van der Waals surface area contributed by atoms with Crippen molar-refractivity contribution in [2.45, 2.75) is 52.1 Å². The summed E-state index contributed by atoms with van der Waals surface area (Å²) < 4.78 is 5.35. The van der Waals surface area contributed by atoms with Gasteiger partial charge in [0.05, 0.1) is 19.1 Å². The summed E-state index contributed by atoms with van der Waals surface area (Å²) in [4.78, 5) is 22.8. The van der Waals surface area contributed by atoms with Crippen molar-refractivity contribution in [1.82, 2.24) is 10.6 Å². The van der Waals surface area contributed by atoms with Gasteiger partial charge < -0.3 is 20.5 Å². The smallest absolute Gasteiger partial charge is 0.315 e. The highest BCUT2D eigenvalue weighted by molar-refractivity contribution is 5.76. The minimum atomic E-state index is -0.878. The molecule has 0 heterocycles. The predicted octanol–water partition coefficient (Wildman–Crippen LogP) is 1.60. The molecule has 1 aliphatic carbocycles. The van der Waals surface area contributed by atoms with Crippen molar-refractivity contribution in [3.63, 3.8) is 0 Å². The molecule has 116 valence electrons. The zero-order valence-electron chi connectivity index (χ0n) is 12.5. The largest absolute Gasteiger partial charge is 0.481 e. The van der Waals surface area contributed by atoms with Crippen LogP contribution in [0.2, 0.25) is 0 Å². The third kappa shape index (κ3) is 6.23. The number of carboxylic acids is 1. The number of carbonyl (C=O) groups excluding carboxylic acids is 1. The standard InChI is InChI=1S/C14H26N2O4/c1-4-20-8-12(9(2)3)16-14(19)15-11(7-13(17)18)10-5-6-10/h9-12H,4-8H2,1-3H3,(H,17,18)(H2,15,16,19). The van der Waals surface area contributed by atoms with E-state index in [1.54, 1.807) is 0 Å². The Bertz CT molecular complexity index is 329. The van der Waals surface area contributed by atoms with Gasteiger partial charge in [0.1, 0.15) is 0 Å². The van der Waals surface area contributed by atoms with Crippen molar-refractivity contribution < 1.29 is 19.4 Å². The summed E-state index contributed by atoms with van der Waals surface area (Å²) in [5, 5.41) is 14.5. The van der Waals surface area contributed by atoms with Crippen LogP contribution in [0.1, 0.15) is 40.0 Å². The molecule has 2 amide bonds. The van der Waals surface area contributed by atoms with E-state index < -0.39 is 5.97 Å². The van der Waals surface area contributed by atoms with Crippen LogP contribution in [0.4, 0.5) is 4.79 Å². The second kappa shape index (κ2) is 8.09. The maximum atomic E-state index is 12.0. The first-order chi connectivity index (χ1) is 9.43. The monoisotopic (exact) mass is 286 g/mol. The van der Waals surface area contributed by atoms with E-state index in [-0.39, 0.29) is 30.5 Å². The molecule has 1 fully saturated rings. The van der Waals surface area contributed by atoms with Crippen molar-refractivity contribution in [3.8, 4) is 0 Å². The molecule has 20 heavy (non-hydrogen) atoms. The first-order valence-electron chi connectivity index (χ1n) is 7.30. The second-order valence-corrected chi connectivity index (χ2v) is 5.67. The average Bonchev–Trinajstić information content (AvgIpc) is 3.16. The lowest BCUT2D eigenvalue weighted by atomic mass is 10.1. The number of amides is 2. The topological polar surface area (TPSA) is 87.7 Å². The number of rotatable bonds is 9. The molecular formula is C14H26N2O4. The van der Waals surface area contributed by atoms with Crippen LogP contribution in [0.25, 0.3) is 0 Å². The minimum absolute atomic E-state index is 0.0180. The van der Waals surface area contributed by atoms with Gasteiger partial charge in [-0.1, -0.05) is 13.8 Å². The Labute approximate surface area is 120 Å². The minimum Gasteiger partial charge on any atom is -0.481 e. The van der Waals surface area contributed by atoms with Gasteiger partial charge in [-0.3, -0.25) is 4.79 Å². The first-order valence-corrected chi connectivity index (χ1v) is 7.30. The van der Waals surface area contributed by atoms with Crippen LogP contribution in [0, 0.1) is 11.8 Å². The number of carbonyl (C=O) groups is 2. The molecule has 1 rings (SSSR count). The molecule has 6 nitrogen and oxygen atoms in total. The highest BCUT2D eigenvalue weighted by Crippen LogP contribution is 2.33. The number of ether oxygens (including phenoxy) is 1.